The Labute approximate surface area is 327 Å². The van der Waals surface area contributed by atoms with Crippen molar-refractivity contribution in [1.82, 2.24) is 15.0 Å². The number of hydrogen-bond donors (Lipinski definition) is 0. The standard InChI is InChI=1S/C28H33N2O.C18H24NSi.Ir/c1-17-16-29-24(14-19(17)15-27(3,4)5)22-11-9-10-20-21-12-13-23(18(2)28(6,7)8)30-26(21)31-25(20)22;1-14(2)11-16-12-17(15-9-7-6-8-10-15)19-13-18(16)20(3,4)5;/h9-10,12-14,16,18H,15H2,1-8H3;6-9,12-14H,11H2,1-5H3;/q2*-1;. The molecule has 277 valence electrons. The van der Waals surface area contributed by atoms with E-state index in [2.05, 4.69) is 149 Å². The topological polar surface area (TPSA) is 51.8 Å². The predicted octanol–water partition coefficient (Wildman–Crippen LogP) is 12.2. The minimum atomic E-state index is -1.34. The van der Waals surface area contributed by atoms with Crippen molar-refractivity contribution in [2.45, 2.75) is 108 Å². The van der Waals surface area contributed by atoms with Gasteiger partial charge in [-0.15, -0.1) is 54.1 Å². The number of pyridine rings is 3. The number of aromatic nitrogens is 3. The van der Waals surface area contributed by atoms with E-state index in [4.69, 9.17) is 14.4 Å². The van der Waals surface area contributed by atoms with Crippen LogP contribution in [0.25, 0.3) is 44.6 Å². The normalized spacial score (nSPS) is 12.8. The van der Waals surface area contributed by atoms with Crippen molar-refractivity contribution in [3.05, 3.63) is 108 Å². The van der Waals surface area contributed by atoms with Gasteiger partial charge in [0.1, 0.15) is 0 Å². The Morgan fingerprint density at radius 3 is 2.10 bits per heavy atom. The van der Waals surface area contributed by atoms with Gasteiger partial charge in [0.15, 0.2) is 0 Å². The molecule has 0 aliphatic rings. The van der Waals surface area contributed by atoms with Crippen LogP contribution in [0.1, 0.15) is 90.6 Å². The van der Waals surface area contributed by atoms with E-state index >= 15 is 0 Å². The molecule has 0 N–H and O–H groups in total. The second-order valence-electron chi connectivity index (χ2n) is 18.0. The summed E-state index contributed by atoms with van der Waals surface area (Å²) in [7, 11) is -1.34. The van der Waals surface area contributed by atoms with Gasteiger partial charge in [-0.25, -0.2) is 4.98 Å². The fraction of sp³-hybridized carbons (Fsp3) is 0.413. The summed E-state index contributed by atoms with van der Waals surface area (Å²) < 4.78 is 6.33. The molecule has 0 aliphatic heterocycles. The summed E-state index contributed by atoms with van der Waals surface area (Å²) in [5.41, 5.74) is 10.8. The molecule has 0 amide bonds. The number of hydrogen-bond acceptors (Lipinski definition) is 4. The van der Waals surface area contributed by atoms with Crippen LogP contribution in [-0.2, 0) is 32.9 Å². The molecule has 0 saturated heterocycles. The van der Waals surface area contributed by atoms with E-state index in [9.17, 15) is 0 Å². The van der Waals surface area contributed by atoms with Gasteiger partial charge in [-0.1, -0.05) is 116 Å². The molecule has 0 bridgehead atoms. The zero-order chi connectivity index (χ0) is 37.3. The zero-order valence-electron chi connectivity index (χ0n) is 33.6. The maximum atomic E-state index is 6.33. The Balaban J connectivity index is 0.000000250. The molecule has 0 fully saturated rings. The Morgan fingerprint density at radius 2 is 1.48 bits per heavy atom. The summed E-state index contributed by atoms with van der Waals surface area (Å²) in [5, 5.41) is 3.59. The predicted molar refractivity (Wildman–Crippen MR) is 219 cm³/mol. The van der Waals surface area contributed by atoms with Gasteiger partial charge >= 0.3 is 0 Å². The second-order valence-corrected chi connectivity index (χ2v) is 23.0. The van der Waals surface area contributed by atoms with Crippen LogP contribution in [0.5, 0.6) is 0 Å². The number of nitrogens with zero attached hydrogens (tertiary/aromatic N) is 3. The molecule has 2 aromatic carbocycles. The third-order valence-corrected chi connectivity index (χ3v) is 11.7. The van der Waals surface area contributed by atoms with E-state index in [0.29, 0.717) is 17.5 Å². The Bertz CT molecular complexity index is 2110. The smallest absolute Gasteiger partial charge is 0.216 e. The third-order valence-electron chi connectivity index (χ3n) is 9.67. The average molecular weight is 888 g/mol. The van der Waals surface area contributed by atoms with E-state index in [0.717, 1.165) is 57.4 Å². The minimum Gasteiger partial charge on any atom is -0.486 e. The van der Waals surface area contributed by atoms with Gasteiger partial charge in [-0.2, -0.15) is 0 Å². The maximum Gasteiger partial charge on any atom is 0.216 e. The Kier molecular flexibility index (Phi) is 12.9. The molecular weight excluding hydrogens is 831 g/mol. The van der Waals surface area contributed by atoms with E-state index in [1.807, 2.05) is 30.5 Å². The largest absolute Gasteiger partial charge is 0.486 e. The summed E-state index contributed by atoms with van der Waals surface area (Å²) in [5.74, 6) is 0.995. The van der Waals surface area contributed by atoms with Gasteiger partial charge in [0.05, 0.1) is 13.7 Å². The van der Waals surface area contributed by atoms with Crippen molar-refractivity contribution in [2.75, 3.05) is 0 Å². The Morgan fingerprint density at radius 1 is 0.788 bits per heavy atom. The monoisotopic (exact) mass is 888 g/mol. The van der Waals surface area contributed by atoms with E-state index < -0.39 is 8.07 Å². The van der Waals surface area contributed by atoms with Crippen LogP contribution in [0, 0.1) is 35.8 Å². The summed E-state index contributed by atoms with van der Waals surface area (Å²) in [6.45, 7) is 29.6. The first-order chi connectivity index (χ1) is 23.8. The quantitative estimate of drug-likeness (QED) is 0.118. The first kappa shape index (κ1) is 41.3. The van der Waals surface area contributed by atoms with Gasteiger partial charge in [-0.05, 0) is 70.8 Å². The molecule has 6 heteroatoms. The summed E-state index contributed by atoms with van der Waals surface area (Å²) in [6, 6.07) is 27.5. The number of benzene rings is 2. The molecule has 1 atom stereocenters. The molecule has 0 saturated carbocycles. The number of fused-ring (bicyclic) bond motifs is 3. The van der Waals surface area contributed by atoms with E-state index in [1.54, 1.807) is 0 Å². The average Bonchev–Trinajstić information content (AvgIpc) is 3.42. The summed E-state index contributed by atoms with van der Waals surface area (Å²) in [6.07, 6.45) is 6.20. The molecule has 4 nitrogen and oxygen atoms in total. The van der Waals surface area contributed by atoms with Gasteiger partial charge in [0.2, 0.25) is 5.71 Å². The molecule has 0 spiro atoms. The van der Waals surface area contributed by atoms with Gasteiger partial charge < -0.3 is 14.4 Å². The second kappa shape index (κ2) is 16.3. The van der Waals surface area contributed by atoms with Crippen molar-refractivity contribution in [2.24, 2.45) is 16.7 Å². The van der Waals surface area contributed by atoms with Crippen molar-refractivity contribution in [1.29, 1.82) is 0 Å². The molecule has 6 aromatic rings. The molecule has 6 rings (SSSR count). The molecule has 1 radical (unpaired) electrons. The maximum absolute atomic E-state index is 6.33. The van der Waals surface area contributed by atoms with Crippen molar-refractivity contribution < 1.29 is 24.5 Å². The number of furan rings is 1. The van der Waals surface area contributed by atoms with Gasteiger partial charge in [0, 0.05) is 49.5 Å². The van der Waals surface area contributed by atoms with E-state index in [1.165, 1.54) is 21.9 Å². The Hall–Kier alpha value is -3.44. The first-order valence-corrected chi connectivity index (χ1v) is 22.0. The van der Waals surface area contributed by atoms with Crippen LogP contribution in [0.2, 0.25) is 19.6 Å². The van der Waals surface area contributed by atoms with Crippen LogP contribution < -0.4 is 5.19 Å². The first-order valence-electron chi connectivity index (χ1n) is 18.5. The van der Waals surface area contributed by atoms with Crippen LogP contribution in [0.15, 0.2) is 77.5 Å². The molecule has 4 aromatic heterocycles. The van der Waals surface area contributed by atoms with Crippen molar-refractivity contribution in [3.63, 3.8) is 0 Å². The van der Waals surface area contributed by atoms with Crippen LogP contribution in [0.3, 0.4) is 0 Å². The number of rotatable bonds is 7. The van der Waals surface area contributed by atoms with Gasteiger partial charge in [0.25, 0.3) is 0 Å². The fourth-order valence-corrected chi connectivity index (χ4v) is 8.05. The van der Waals surface area contributed by atoms with Gasteiger partial charge in [-0.3, -0.25) is 0 Å². The molecular formula is C46H57IrN3OSi-2. The molecule has 0 aliphatic carbocycles. The molecule has 1 unspecified atom stereocenters. The fourth-order valence-electron chi connectivity index (χ4n) is 6.46. The molecule has 4 heterocycles. The minimum absolute atomic E-state index is 0. The van der Waals surface area contributed by atoms with Crippen LogP contribution in [-0.4, -0.2) is 23.0 Å². The van der Waals surface area contributed by atoms with Crippen molar-refractivity contribution in [3.8, 4) is 22.5 Å². The summed E-state index contributed by atoms with van der Waals surface area (Å²) in [4.78, 5) is 14.3. The number of aryl methyl sites for hydroxylation is 1. The van der Waals surface area contributed by atoms with Crippen LogP contribution >= 0.6 is 0 Å². The molecule has 52 heavy (non-hydrogen) atoms. The van der Waals surface area contributed by atoms with Crippen LogP contribution in [0.4, 0.5) is 0 Å². The zero-order valence-corrected chi connectivity index (χ0v) is 37.0. The third kappa shape index (κ3) is 9.95. The summed E-state index contributed by atoms with van der Waals surface area (Å²) >= 11 is 0. The SMILES string of the molecule is CC(C)Cc1cc(-c2[c-]cccc2)ncc1[Si](C)(C)C.Cc1cnc(-c2[c-]ccc3c2oc2nc(C(C)C(C)(C)C)ccc23)cc1CC(C)(C)C.[Ir]. The van der Waals surface area contributed by atoms with Crippen molar-refractivity contribution >= 4 is 35.3 Å². The van der Waals surface area contributed by atoms with E-state index in [-0.39, 0.29) is 30.9 Å².